The third-order valence-electron chi connectivity index (χ3n) is 1.00. The van der Waals surface area contributed by atoms with Crippen molar-refractivity contribution >= 4 is 0 Å². The van der Waals surface area contributed by atoms with Crippen molar-refractivity contribution in [3.63, 3.8) is 0 Å². The van der Waals surface area contributed by atoms with Crippen LogP contribution < -0.4 is 4.74 Å². The second kappa shape index (κ2) is 3.82. The Morgan fingerprint density at radius 1 is 1.60 bits per heavy atom. The van der Waals surface area contributed by atoms with Crippen LogP contribution in [0.15, 0.2) is 18.3 Å². The van der Waals surface area contributed by atoms with Gasteiger partial charge in [-0.25, -0.2) is 0 Å². The van der Waals surface area contributed by atoms with Crippen LogP contribution in [-0.2, 0) is 0 Å². The summed E-state index contributed by atoms with van der Waals surface area (Å²) >= 11 is 0. The van der Waals surface area contributed by atoms with Gasteiger partial charge in [0.05, 0.1) is 6.61 Å². The van der Waals surface area contributed by atoms with Gasteiger partial charge in [0.1, 0.15) is 0 Å². The number of ether oxygens (including phenoxy) is 1. The number of aromatic nitrogens is 2. The fourth-order valence-electron chi connectivity index (χ4n) is 0.571. The van der Waals surface area contributed by atoms with Gasteiger partial charge >= 0.3 is 0 Å². The summed E-state index contributed by atoms with van der Waals surface area (Å²) in [5.74, 6) is 0.601. The van der Waals surface area contributed by atoms with Crippen molar-refractivity contribution in [2.45, 2.75) is 13.3 Å². The van der Waals surface area contributed by atoms with Gasteiger partial charge < -0.3 is 4.74 Å². The summed E-state index contributed by atoms with van der Waals surface area (Å²) in [6.45, 7) is 2.76. The monoisotopic (exact) mass is 138 g/mol. The lowest BCUT2D eigenvalue weighted by molar-refractivity contribution is 0.301. The van der Waals surface area contributed by atoms with Gasteiger partial charge in [0.2, 0.25) is 5.88 Å². The number of nitrogens with zero attached hydrogens (tertiary/aromatic N) is 2. The molecular weight excluding hydrogens is 128 g/mol. The van der Waals surface area contributed by atoms with Gasteiger partial charge in [-0.1, -0.05) is 6.92 Å². The normalized spacial score (nSPS) is 9.30. The van der Waals surface area contributed by atoms with Crippen LogP contribution in [0.3, 0.4) is 0 Å². The molecule has 0 saturated carbocycles. The molecule has 0 saturated heterocycles. The molecule has 1 rings (SSSR count). The zero-order valence-electron chi connectivity index (χ0n) is 5.95. The summed E-state index contributed by atoms with van der Waals surface area (Å²) in [5, 5.41) is 7.41. The van der Waals surface area contributed by atoms with Crippen LogP contribution in [0.25, 0.3) is 0 Å². The highest BCUT2D eigenvalue weighted by molar-refractivity contribution is 5.04. The van der Waals surface area contributed by atoms with Crippen LogP contribution >= 0.6 is 0 Å². The average Bonchev–Trinajstić information content (AvgIpc) is 2.03. The highest BCUT2D eigenvalue weighted by Gasteiger charge is 1.89. The molecule has 0 atom stereocenters. The maximum absolute atomic E-state index is 5.18. The number of rotatable bonds is 3. The molecule has 0 amide bonds. The largest absolute Gasteiger partial charge is 0.477 e. The van der Waals surface area contributed by atoms with Crippen LogP contribution in [-0.4, -0.2) is 16.8 Å². The molecule has 0 aliphatic heterocycles. The first-order valence-corrected chi connectivity index (χ1v) is 3.34. The number of hydrogen-bond donors (Lipinski definition) is 0. The summed E-state index contributed by atoms with van der Waals surface area (Å²) in [4.78, 5) is 0. The predicted molar refractivity (Wildman–Crippen MR) is 37.8 cm³/mol. The van der Waals surface area contributed by atoms with E-state index in [0.29, 0.717) is 12.5 Å². The van der Waals surface area contributed by atoms with Crippen molar-refractivity contribution in [1.29, 1.82) is 0 Å². The van der Waals surface area contributed by atoms with E-state index in [2.05, 4.69) is 17.1 Å². The van der Waals surface area contributed by atoms with Crippen LogP contribution in [0, 0.1) is 0 Å². The van der Waals surface area contributed by atoms with Crippen molar-refractivity contribution in [2.75, 3.05) is 6.61 Å². The quantitative estimate of drug-likeness (QED) is 0.630. The molecule has 0 spiro atoms. The van der Waals surface area contributed by atoms with Gasteiger partial charge in [0.25, 0.3) is 0 Å². The van der Waals surface area contributed by atoms with E-state index < -0.39 is 0 Å². The van der Waals surface area contributed by atoms with Crippen molar-refractivity contribution < 1.29 is 4.74 Å². The third kappa shape index (κ3) is 2.01. The molecule has 0 radical (unpaired) electrons. The highest BCUT2D eigenvalue weighted by Crippen LogP contribution is 2.00. The topological polar surface area (TPSA) is 35.0 Å². The predicted octanol–water partition coefficient (Wildman–Crippen LogP) is 1.27. The van der Waals surface area contributed by atoms with Crippen LogP contribution in [0.5, 0.6) is 5.88 Å². The molecule has 1 aromatic heterocycles. The van der Waals surface area contributed by atoms with E-state index in [1.807, 2.05) is 0 Å². The summed E-state index contributed by atoms with van der Waals surface area (Å²) in [6, 6.07) is 3.60. The van der Waals surface area contributed by atoms with Crippen molar-refractivity contribution in [2.24, 2.45) is 0 Å². The Morgan fingerprint density at radius 3 is 3.10 bits per heavy atom. The molecule has 1 heterocycles. The standard InChI is InChI=1S/C7H10N2O/c1-2-6-10-7-4-3-5-8-9-7/h3-5H,2,6H2,1H3. The fraction of sp³-hybridized carbons (Fsp3) is 0.429. The van der Waals surface area contributed by atoms with E-state index in [4.69, 9.17) is 4.74 Å². The van der Waals surface area contributed by atoms with Crippen molar-refractivity contribution in [3.05, 3.63) is 18.3 Å². The van der Waals surface area contributed by atoms with Crippen LogP contribution in [0.2, 0.25) is 0 Å². The zero-order chi connectivity index (χ0) is 7.23. The minimum absolute atomic E-state index is 0.601. The maximum Gasteiger partial charge on any atom is 0.233 e. The summed E-state index contributed by atoms with van der Waals surface area (Å²) < 4.78 is 5.18. The Hall–Kier alpha value is -1.12. The van der Waals surface area contributed by atoms with Gasteiger partial charge in [-0.3, -0.25) is 0 Å². The van der Waals surface area contributed by atoms with Crippen molar-refractivity contribution in [1.82, 2.24) is 10.2 Å². The molecule has 0 unspecified atom stereocenters. The summed E-state index contributed by atoms with van der Waals surface area (Å²) in [7, 11) is 0. The van der Waals surface area contributed by atoms with Gasteiger partial charge in [-0.05, 0) is 12.5 Å². The van der Waals surface area contributed by atoms with Crippen LogP contribution in [0.4, 0.5) is 0 Å². The molecule has 10 heavy (non-hydrogen) atoms. The maximum atomic E-state index is 5.18. The Morgan fingerprint density at radius 2 is 2.50 bits per heavy atom. The minimum atomic E-state index is 0.601. The van der Waals surface area contributed by atoms with E-state index in [9.17, 15) is 0 Å². The van der Waals surface area contributed by atoms with E-state index in [-0.39, 0.29) is 0 Å². The molecule has 3 heteroatoms. The molecule has 0 aromatic carbocycles. The zero-order valence-corrected chi connectivity index (χ0v) is 5.95. The SMILES string of the molecule is CCCOc1cccnn1. The minimum Gasteiger partial charge on any atom is -0.477 e. The first-order chi connectivity index (χ1) is 4.93. The molecule has 54 valence electrons. The fourth-order valence-corrected chi connectivity index (χ4v) is 0.571. The van der Waals surface area contributed by atoms with E-state index >= 15 is 0 Å². The number of hydrogen-bond acceptors (Lipinski definition) is 3. The Kier molecular flexibility index (Phi) is 2.67. The highest BCUT2D eigenvalue weighted by atomic mass is 16.5. The molecule has 0 aliphatic rings. The van der Waals surface area contributed by atoms with Gasteiger partial charge in [0.15, 0.2) is 0 Å². The lowest BCUT2D eigenvalue weighted by Crippen LogP contribution is -1.97. The Labute approximate surface area is 60.0 Å². The summed E-state index contributed by atoms with van der Waals surface area (Å²) in [5.41, 5.74) is 0. The third-order valence-corrected chi connectivity index (χ3v) is 1.00. The van der Waals surface area contributed by atoms with Gasteiger partial charge in [-0.15, -0.1) is 5.10 Å². The molecule has 0 fully saturated rings. The first kappa shape index (κ1) is 6.99. The van der Waals surface area contributed by atoms with E-state index in [1.54, 1.807) is 18.3 Å². The lowest BCUT2D eigenvalue weighted by Gasteiger charge is -1.99. The average molecular weight is 138 g/mol. The molecular formula is C7H10N2O. The second-order valence-electron chi connectivity index (χ2n) is 1.91. The van der Waals surface area contributed by atoms with Crippen LogP contribution in [0.1, 0.15) is 13.3 Å². The first-order valence-electron chi connectivity index (χ1n) is 3.34. The van der Waals surface area contributed by atoms with Gasteiger partial charge in [0, 0.05) is 12.3 Å². The smallest absolute Gasteiger partial charge is 0.233 e. The second-order valence-corrected chi connectivity index (χ2v) is 1.91. The summed E-state index contributed by atoms with van der Waals surface area (Å²) in [6.07, 6.45) is 2.62. The Bertz CT molecular complexity index is 176. The molecule has 0 N–H and O–H groups in total. The van der Waals surface area contributed by atoms with Gasteiger partial charge in [-0.2, -0.15) is 5.10 Å². The Balaban J connectivity index is 2.43. The molecule has 0 aliphatic carbocycles. The van der Waals surface area contributed by atoms with E-state index in [0.717, 1.165) is 6.42 Å². The molecule has 1 aromatic rings. The molecule has 0 bridgehead atoms. The molecule has 3 nitrogen and oxygen atoms in total. The van der Waals surface area contributed by atoms with Crippen molar-refractivity contribution in [3.8, 4) is 5.88 Å². The lowest BCUT2D eigenvalue weighted by atomic mass is 10.5. The van der Waals surface area contributed by atoms with E-state index in [1.165, 1.54) is 0 Å².